The predicted molar refractivity (Wildman–Crippen MR) is 50.3 cm³/mol. The second-order valence-electron chi connectivity index (χ2n) is 2.66. The molecule has 1 unspecified atom stereocenters. The lowest BCUT2D eigenvalue weighted by molar-refractivity contribution is 0.732. The van der Waals surface area contributed by atoms with Gasteiger partial charge in [-0.05, 0) is 19.4 Å². The van der Waals surface area contributed by atoms with Crippen molar-refractivity contribution in [2.45, 2.75) is 19.9 Å². The van der Waals surface area contributed by atoms with E-state index in [9.17, 15) is 0 Å². The fraction of sp³-hybridized carbons (Fsp3) is 0.400. The molecule has 0 aromatic heterocycles. The normalized spacial score (nSPS) is 13.5. The Balaban J connectivity index is 2.65. The summed E-state index contributed by atoms with van der Waals surface area (Å²) in [6.45, 7) is 4.80. The Labute approximate surface area is 73.3 Å². The van der Waals surface area contributed by atoms with Gasteiger partial charge >= 0.3 is 0 Å². The number of benzene rings is 1. The van der Waals surface area contributed by atoms with E-state index in [4.69, 9.17) is 0 Å². The van der Waals surface area contributed by atoms with Gasteiger partial charge in [0, 0.05) is 0 Å². The second kappa shape index (κ2) is 4.65. The zero-order valence-electron chi connectivity index (χ0n) is 7.57. The van der Waals surface area contributed by atoms with Gasteiger partial charge in [0.25, 0.3) is 0 Å². The van der Waals surface area contributed by atoms with Crippen LogP contribution in [0.5, 0.6) is 0 Å². The Bertz CT molecular complexity index is 241. The van der Waals surface area contributed by atoms with E-state index in [1.54, 1.807) is 0 Å². The van der Waals surface area contributed by atoms with Crippen molar-refractivity contribution < 1.29 is 0 Å². The topological polar surface area (TPSA) is 24.7 Å². The molecule has 1 aromatic rings. The van der Waals surface area contributed by atoms with Crippen LogP contribution in [0.15, 0.2) is 40.6 Å². The van der Waals surface area contributed by atoms with Crippen LogP contribution in [0.3, 0.4) is 0 Å². The van der Waals surface area contributed by atoms with Crippen molar-refractivity contribution in [2.24, 2.45) is 10.2 Å². The average Bonchev–Trinajstić information content (AvgIpc) is 2.15. The van der Waals surface area contributed by atoms with Gasteiger partial charge in [-0.15, -0.1) is 0 Å². The van der Waals surface area contributed by atoms with Crippen molar-refractivity contribution >= 4 is 0 Å². The molecule has 0 heterocycles. The quantitative estimate of drug-likeness (QED) is 0.610. The minimum absolute atomic E-state index is 0.186. The summed E-state index contributed by atoms with van der Waals surface area (Å²) in [4.78, 5) is 0. The summed E-state index contributed by atoms with van der Waals surface area (Å²) in [6.07, 6.45) is 0. The Morgan fingerprint density at radius 1 is 1.25 bits per heavy atom. The van der Waals surface area contributed by atoms with Crippen LogP contribution in [0, 0.1) is 0 Å². The third-order valence-corrected chi connectivity index (χ3v) is 1.68. The molecule has 12 heavy (non-hydrogen) atoms. The third-order valence-electron chi connectivity index (χ3n) is 1.68. The van der Waals surface area contributed by atoms with E-state index in [0.717, 1.165) is 6.54 Å². The van der Waals surface area contributed by atoms with E-state index in [2.05, 4.69) is 29.3 Å². The first kappa shape index (κ1) is 8.91. The first-order valence-corrected chi connectivity index (χ1v) is 4.26. The van der Waals surface area contributed by atoms with Gasteiger partial charge in [-0.2, -0.15) is 10.2 Å². The van der Waals surface area contributed by atoms with Gasteiger partial charge in [0.2, 0.25) is 0 Å². The van der Waals surface area contributed by atoms with Gasteiger partial charge < -0.3 is 0 Å². The molecule has 1 atom stereocenters. The van der Waals surface area contributed by atoms with Crippen LogP contribution < -0.4 is 0 Å². The Morgan fingerprint density at radius 3 is 2.50 bits per heavy atom. The van der Waals surface area contributed by atoms with E-state index in [1.807, 2.05) is 25.1 Å². The zero-order chi connectivity index (χ0) is 8.81. The molecule has 1 rings (SSSR count). The van der Waals surface area contributed by atoms with Gasteiger partial charge in [-0.1, -0.05) is 30.3 Å². The minimum atomic E-state index is 0.186. The highest BCUT2D eigenvalue weighted by Gasteiger charge is 2.00. The maximum atomic E-state index is 4.14. The number of azo groups is 1. The Kier molecular flexibility index (Phi) is 3.45. The van der Waals surface area contributed by atoms with Crippen LogP contribution in [0.25, 0.3) is 0 Å². The van der Waals surface area contributed by atoms with Crippen molar-refractivity contribution in [1.82, 2.24) is 0 Å². The number of hydrogen-bond acceptors (Lipinski definition) is 2. The molecular weight excluding hydrogens is 148 g/mol. The number of rotatable bonds is 3. The molecule has 0 saturated heterocycles. The van der Waals surface area contributed by atoms with Gasteiger partial charge in [0.1, 0.15) is 0 Å². The highest BCUT2D eigenvalue weighted by atomic mass is 15.1. The van der Waals surface area contributed by atoms with Crippen LogP contribution in [-0.4, -0.2) is 6.54 Å². The van der Waals surface area contributed by atoms with E-state index in [1.165, 1.54) is 5.56 Å². The van der Waals surface area contributed by atoms with E-state index in [-0.39, 0.29) is 6.04 Å². The van der Waals surface area contributed by atoms with Crippen molar-refractivity contribution in [3.63, 3.8) is 0 Å². The molecule has 0 aliphatic heterocycles. The summed E-state index contributed by atoms with van der Waals surface area (Å²) < 4.78 is 0. The summed E-state index contributed by atoms with van der Waals surface area (Å²) >= 11 is 0. The second-order valence-corrected chi connectivity index (χ2v) is 2.66. The van der Waals surface area contributed by atoms with Crippen molar-refractivity contribution in [3.05, 3.63) is 35.9 Å². The van der Waals surface area contributed by atoms with E-state index in [0.29, 0.717) is 0 Å². The van der Waals surface area contributed by atoms with Gasteiger partial charge in [0.15, 0.2) is 0 Å². The largest absolute Gasteiger partial charge is 0.194 e. The van der Waals surface area contributed by atoms with Crippen molar-refractivity contribution in [1.29, 1.82) is 0 Å². The molecule has 1 aromatic carbocycles. The highest BCUT2D eigenvalue weighted by Crippen LogP contribution is 2.15. The number of hydrogen-bond donors (Lipinski definition) is 0. The maximum absolute atomic E-state index is 4.14. The number of nitrogens with zero attached hydrogens (tertiary/aromatic N) is 2. The lowest BCUT2D eigenvalue weighted by atomic mass is 10.1. The molecule has 64 valence electrons. The van der Waals surface area contributed by atoms with E-state index >= 15 is 0 Å². The maximum Gasteiger partial charge on any atom is 0.0929 e. The van der Waals surface area contributed by atoms with Gasteiger partial charge in [-0.3, -0.25) is 0 Å². The zero-order valence-corrected chi connectivity index (χ0v) is 7.57. The summed E-state index contributed by atoms with van der Waals surface area (Å²) in [6, 6.07) is 10.4. The highest BCUT2D eigenvalue weighted by molar-refractivity contribution is 5.17. The van der Waals surface area contributed by atoms with Crippen molar-refractivity contribution in [3.8, 4) is 0 Å². The molecule has 0 saturated carbocycles. The Hall–Kier alpha value is -1.18. The van der Waals surface area contributed by atoms with E-state index < -0.39 is 0 Å². The molecule has 0 aliphatic rings. The molecule has 0 fully saturated rings. The first-order valence-electron chi connectivity index (χ1n) is 4.26. The monoisotopic (exact) mass is 162 g/mol. The van der Waals surface area contributed by atoms with Crippen LogP contribution in [0.4, 0.5) is 0 Å². The summed E-state index contributed by atoms with van der Waals surface area (Å²) in [5, 5.41) is 8.11. The molecule has 0 amide bonds. The molecule has 0 N–H and O–H groups in total. The SMILES string of the molecule is CCN=NC(C)c1ccccc1. The van der Waals surface area contributed by atoms with Crippen LogP contribution in [0.1, 0.15) is 25.5 Å². The van der Waals surface area contributed by atoms with Crippen molar-refractivity contribution in [2.75, 3.05) is 6.54 Å². The summed E-state index contributed by atoms with van der Waals surface area (Å²) in [7, 11) is 0. The fourth-order valence-corrected chi connectivity index (χ4v) is 1.00. The Morgan fingerprint density at radius 2 is 1.92 bits per heavy atom. The van der Waals surface area contributed by atoms with Crippen LogP contribution in [0.2, 0.25) is 0 Å². The average molecular weight is 162 g/mol. The third kappa shape index (κ3) is 2.46. The molecule has 0 bridgehead atoms. The van der Waals surface area contributed by atoms with Gasteiger partial charge in [-0.25, -0.2) is 0 Å². The molecule has 0 aliphatic carbocycles. The lowest BCUT2D eigenvalue weighted by Crippen LogP contribution is -1.87. The predicted octanol–water partition coefficient (Wildman–Crippen LogP) is 3.22. The molecular formula is C10H14N2. The molecule has 0 radical (unpaired) electrons. The molecule has 0 spiro atoms. The lowest BCUT2D eigenvalue weighted by Gasteiger charge is -2.03. The standard InChI is InChI=1S/C10H14N2/c1-3-11-12-9(2)10-7-5-4-6-8-10/h4-9H,3H2,1-2H3. The molecule has 2 heteroatoms. The molecule has 2 nitrogen and oxygen atoms in total. The minimum Gasteiger partial charge on any atom is -0.194 e. The fourth-order valence-electron chi connectivity index (χ4n) is 1.00. The summed E-state index contributed by atoms with van der Waals surface area (Å²) in [5.41, 5.74) is 1.22. The summed E-state index contributed by atoms with van der Waals surface area (Å²) in [5.74, 6) is 0. The first-order chi connectivity index (χ1) is 5.84. The van der Waals surface area contributed by atoms with Crippen LogP contribution in [-0.2, 0) is 0 Å². The van der Waals surface area contributed by atoms with Gasteiger partial charge in [0.05, 0.1) is 12.6 Å². The van der Waals surface area contributed by atoms with Crippen LogP contribution >= 0.6 is 0 Å². The smallest absolute Gasteiger partial charge is 0.0929 e.